The van der Waals surface area contributed by atoms with Crippen LogP contribution in [0.15, 0.2) is 45.9 Å². The number of nitrogens with two attached hydrogens (primary N) is 1. The molecule has 0 saturated carbocycles. The van der Waals surface area contributed by atoms with Crippen molar-refractivity contribution in [2.75, 3.05) is 5.73 Å². The topological polar surface area (TPSA) is 127 Å². The smallest absolute Gasteiger partial charge is 0.335 e. The second kappa shape index (κ2) is 7.67. The number of rotatable bonds is 6. The first kappa shape index (κ1) is 18.7. The van der Waals surface area contributed by atoms with E-state index in [-0.39, 0.29) is 17.1 Å². The van der Waals surface area contributed by atoms with Crippen LogP contribution in [0, 0.1) is 0 Å². The number of nitrogens with zero attached hydrogens (tertiary/aromatic N) is 3. The van der Waals surface area contributed by atoms with Crippen LogP contribution in [0.25, 0.3) is 11.2 Å². The molecule has 9 heteroatoms. The highest BCUT2D eigenvalue weighted by Gasteiger charge is 2.14. The number of nitrogen functional groups attached to an aromatic ring is 1. The lowest BCUT2D eigenvalue weighted by Crippen LogP contribution is -2.17. The third kappa shape index (κ3) is 4.03. The number of anilines is 1. The molecule has 0 spiro atoms. The molecule has 1 aromatic carbocycles. The Morgan fingerprint density at radius 1 is 1.41 bits per heavy atom. The van der Waals surface area contributed by atoms with Crippen molar-refractivity contribution < 1.29 is 9.90 Å². The lowest BCUT2D eigenvalue weighted by molar-refractivity contribution is 0.0697. The van der Waals surface area contributed by atoms with Gasteiger partial charge >= 0.3 is 11.7 Å². The first-order valence-corrected chi connectivity index (χ1v) is 9.20. The molecule has 0 aliphatic heterocycles. The molecule has 0 unspecified atom stereocenters. The molecule has 0 aliphatic rings. The Balaban J connectivity index is 1.91. The average Bonchev–Trinajstić information content (AvgIpc) is 2.96. The van der Waals surface area contributed by atoms with Gasteiger partial charge in [-0.3, -0.25) is 4.57 Å². The Kier molecular flexibility index (Phi) is 5.31. The summed E-state index contributed by atoms with van der Waals surface area (Å²) in [6.45, 7) is 4.25. The third-order valence-electron chi connectivity index (χ3n) is 4.07. The second-order valence-electron chi connectivity index (χ2n) is 6.04. The Bertz CT molecular complexity index is 1100. The Hall–Kier alpha value is -3.07. The van der Waals surface area contributed by atoms with Gasteiger partial charge in [-0.1, -0.05) is 35.5 Å². The van der Waals surface area contributed by atoms with E-state index in [1.165, 1.54) is 16.3 Å². The predicted octanol–water partition coefficient (Wildman–Crippen LogP) is 2.66. The quantitative estimate of drug-likeness (QED) is 0.338. The molecule has 27 heavy (non-hydrogen) atoms. The number of hydrogen-bond donors (Lipinski definition) is 3. The van der Waals surface area contributed by atoms with Crippen LogP contribution in [0.2, 0.25) is 0 Å². The summed E-state index contributed by atoms with van der Waals surface area (Å²) in [5, 5.41) is 9.51. The van der Waals surface area contributed by atoms with Gasteiger partial charge in [-0.2, -0.15) is 0 Å². The molecule has 2 aromatic heterocycles. The molecule has 0 aliphatic carbocycles. The number of carbonyl (C=O) groups is 1. The van der Waals surface area contributed by atoms with Gasteiger partial charge in [0.25, 0.3) is 0 Å². The fourth-order valence-corrected chi connectivity index (χ4v) is 3.31. The van der Waals surface area contributed by atoms with Gasteiger partial charge in [-0.15, -0.1) is 0 Å². The highest BCUT2D eigenvalue weighted by atomic mass is 32.2. The summed E-state index contributed by atoms with van der Waals surface area (Å²) in [5.41, 5.74) is 8.66. The van der Waals surface area contributed by atoms with Gasteiger partial charge < -0.3 is 15.8 Å². The van der Waals surface area contributed by atoms with Crippen molar-refractivity contribution in [2.24, 2.45) is 0 Å². The number of hydrogen-bond acceptors (Lipinski definition) is 6. The molecular weight excluding hydrogens is 366 g/mol. The highest BCUT2D eigenvalue weighted by molar-refractivity contribution is 7.98. The average molecular weight is 385 g/mol. The zero-order valence-corrected chi connectivity index (χ0v) is 15.7. The van der Waals surface area contributed by atoms with E-state index >= 15 is 0 Å². The minimum atomic E-state index is -0.973. The summed E-state index contributed by atoms with van der Waals surface area (Å²) >= 11 is 1.33. The number of benzene rings is 1. The second-order valence-corrected chi connectivity index (χ2v) is 6.98. The monoisotopic (exact) mass is 385 g/mol. The molecule has 0 saturated heterocycles. The normalized spacial score (nSPS) is 11.9. The molecule has 0 atom stereocenters. The zero-order valence-electron chi connectivity index (χ0n) is 14.9. The lowest BCUT2D eigenvalue weighted by Gasteiger charge is -2.06. The molecule has 0 bridgehead atoms. The Morgan fingerprint density at radius 2 is 2.19 bits per heavy atom. The van der Waals surface area contributed by atoms with Crippen molar-refractivity contribution in [3.8, 4) is 0 Å². The molecule has 4 N–H and O–H groups in total. The molecular formula is C18H19N5O3S. The van der Waals surface area contributed by atoms with Gasteiger partial charge in [-0.25, -0.2) is 19.6 Å². The van der Waals surface area contributed by atoms with Crippen LogP contribution in [0.5, 0.6) is 0 Å². The summed E-state index contributed by atoms with van der Waals surface area (Å²) in [6.07, 6.45) is 1.93. The third-order valence-corrected chi connectivity index (χ3v) is 4.99. The molecule has 0 radical (unpaired) electrons. The van der Waals surface area contributed by atoms with E-state index in [1.807, 2.05) is 26.0 Å². The van der Waals surface area contributed by atoms with E-state index in [1.54, 1.807) is 18.2 Å². The molecule has 3 rings (SSSR count). The first-order valence-electron chi connectivity index (χ1n) is 8.22. The first-order chi connectivity index (χ1) is 12.9. The van der Waals surface area contributed by atoms with Crippen LogP contribution in [0.1, 0.15) is 29.8 Å². The predicted molar refractivity (Wildman–Crippen MR) is 105 cm³/mol. The number of fused-ring (bicyclic) bond motifs is 1. The van der Waals surface area contributed by atoms with Crippen molar-refractivity contribution in [2.45, 2.75) is 31.3 Å². The standard InChI is InChI=1S/C18H19N5O3S/c1-3-10(2)8-23-15-13(20-18(23)26)14(19)21-17(22-15)27-9-11-5-4-6-12(7-11)16(24)25/h3-7H,8-9H2,1-2H3,(H,20,26)(H,24,25)(H2,19,21,22)/b10-3+. The van der Waals surface area contributed by atoms with Gasteiger partial charge in [-0.05, 0) is 31.5 Å². The number of imidazole rings is 1. The zero-order chi connectivity index (χ0) is 19.6. The van der Waals surface area contributed by atoms with E-state index in [0.717, 1.165) is 11.1 Å². The highest BCUT2D eigenvalue weighted by Crippen LogP contribution is 2.24. The molecule has 8 nitrogen and oxygen atoms in total. The number of nitrogens with one attached hydrogen (secondary N) is 1. The minimum absolute atomic E-state index is 0.204. The number of thioether (sulfide) groups is 1. The van der Waals surface area contributed by atoms with Crippen molar-refractivity contribution in [3.63, 3.8) is 0 Å². The summed E-state index contributed by atoms with van der Waals surface area (Å²) in [7, 11) is 0. The largest absolute Gasteiger partial charge is 0.478 e. The molecule has 0 amide bonds. The maximum atomic E-state index is 12.2. The van der Waals surface area contributed by atoms with Gasteiger partial charge in [0.2, 0.25) is 0 Å². The minimum Gasteiger partial charge on any atom is -0.478 e. The number of aromatic amines is 1. The lowest BCUT2D eigenvalue weighted by atomic mass is 10.1. The summed E-state index contributed by atoms with van der Waals surface area (Å²) < 4.78 is 1.53. The summed E-state index contributed by atoms with van der Waals surface area (Å²) in [6, 6.07) is 6.68. The van der Waals surface area contributed by atoms with E-state index in [4.69, 9.17) is 10.8 Å². The van der Waals surface area contributed by atoms with Crippen molar-refractivity contribution in [1.29, 1.82) is 0 Å². The van der Waals surface area contributed by atoms with E-state index < -0.39 is 5.97 Å². The Morgan fingerprint density at radius 3 is 2.89 bits per heavy atom. The van der Waals surface area contributed by atoms with E-state index in [9.17, 15) is 9.59 Å². The molecule has 3 aromatic rings. The number of carboxylic acid groups (broad SMARTS) is 1. The Labute approximate surface area is 159 Å². The van der Waals surface area contributed by atoms with Crippen LogP contribution >= 0.6 is 11.8 Å². The van der Waals surface area contributed by atoms with Crippen molar-refractivity contribution in [3.05, 3.63) is 57.5 Å². The van der Waals surface area contributed by atoms with Gasteiger partial charge in [0, 0.05) is 12.3 Å². The SMILES string of the molecule is C/C=C(\C)Cn1c(=O)[nH]c2c(N)nc(SCc3cccc(C(=O)O)c3)nc21. The van der Waals surface area contributed by atoms with Crippen LogP contribution in [0.3, 0.4) is 0 Å². The number of aromatic carboxylic acids is 1. The van der Waals surface area contributed by atoms with Crippen LogP contribution in [0.4, 0.5) is 5.82 Å². The van der Waals surface area contributed by atoms with Crippen LogP contribution in [-0.4, -0.2) is 30.6 Å². The van der Waals surface area contributed by atoms with Crippen LogP contribution < -0.4 is 11.4 Å². The van der Waals surface area contributed by atoms with Crippen LogP contribution in [-0.2, 0) is 12.3 Å². The molecule has 140 valence electrons. The van der Waals surface area contributed by atoms with Gasteiger partial charge in [0.05, 0.1) is 5.56 Å². The maximum absolute atomic E-state index is 12.2. The maximum Gasteiger partial charge on any atom is 0.335 e. The fourth-order valence-electron chi connectivity index (χ4n) is 2.52. The van der Waals surface area contributed by atoms with Crippen molar-refractivity contribution in [1.82, 2.24) is 19.5 Å². The summed E-state index contributed by atoms with van der Waals surface area (Å²) in [5.74, 6) is -0.288. The molecule has 0 fully saturated rings. The fraction of sp³-hybridized carbons (Fsp3) is 0.222. The van der Waals surface area contributed by atoms with E-state index in [2.05, 4.69) is 15.0 Å². The summed E-state index contributed by atoms with van der Waals surface area (Å²) in [4.78, 5) is 34.7. The van der Waals surface area contributed by atoms with Gasteiger partial charge in [0.15, 0.2) is 16.6 Å². The van der Waals surface area contributed by atoms with E-state index in [0.29, 0.717) is 28.6 Å². The van der Waals surface area contributed by atoms with Gasteiger partial charge in [0.1, 0.15) is 5.52 Å². The number of aromatic nitrogens is 4. The number of allylic oxidation sites excluding steroid dienone is 2. The number of H-pyrrole nitrogens is 1. The molecule has 2 heterocycles. The number of carboxylic acids is 1. The van der Waals surface area contributed by atoms with Crippen molar-refractivity contribution >= 4 is 34.7 Å².